The van der Waals surface area contributed by atoms with Crippen molar-refractivity contribution in [2.24, 2.45) is 0 Å². The molecule has 0 saturated heterocycles. The topological polar surface area (TPSA) is 29.1 Å². The van der Waals surface area contributed by atoms with Gasteiger partial charge in [0.1, 0.15) is 0 Å². The van der Waals surface area contributed by atoms with Crippen LogP contribution in [0.3, 0.4) is 0 Å². The molecule has 1 aromatic carbocycles. The second-order valence-corrected chi connectivity index (χ2v) is 5.98. The highest BCUT2D eigenvalue weighted by atomic mass is 79.9. The highest BCUT2D eigenvalue weighted by molar-refractivity contribution is 9.10. The quantitative estimate of drug-likeness (QED) is 0.768. The van der Waals surface area contributed by atoms with E-state index < -0.39 is 0 Å². The van der Waals surface area contributed by atoms with Crippen LogP contribution in [0.2, 0.25) is 5.02 Å². The van der Waals surface area contributed by atoms with Crippen LogP contribution in [0.5, 0.6) is 0 Å². The molecule has 5 heteroatoms. The van der Waals surface area contributed by atoms with Gasteiger partial charge < -0.3 is 5.32 Å². The summed E-state index contributed by atoms with van der Waals surface area (Å²) in [5, 5.41) is 4.33. The molecule has 2 nitrogen and oxygen atoms in total. The summed E-state index contributed by atoms with van der Waals surface area (Å²) < 4.78 is 0.704. The molecule has 0 bridgehead atoms. The zero-order valence-electron chi connectivity index (χ0n) is 9.69. The number of benzene rings is 1. The Morgan fingerprint density at radius 2 is 2.18 bits per heavy atom. The number of amides is 1. The molecule has 0 aliphatic rings. The molecule has 1 aromatic rings. The molecule has 0 spiro atoms. The molecule has 0 fully saturated rings. The van der Waals surface area contributed by atoms with Crippen molar-refractivity contribution in [3.8, 4) is 0 Å². The predicted molar refractivity (Wildman–Crippen MR) is 79.1 cm³/mol. The first-order valence-electron chi connectivity index (χ1n) is 5.25. The van der Waals surface area contributed by atoms with Crippen molar-refractivity contribution in [3.05, 3.63) is 33.3 Å². The van der Waals surface area contributed by atoms with Crippen LogP contribution in [0.4, 0.5) is 0 Å². The van der Waals surface area contributed by atoms with Crippen LogP contribution in [0.15, 0.2) is 22.7 Å². The fraction of sp³-hybridized carbons (Fsp3) is 0.417. The van der Waals surface area contributed by atoms with Gasteiger partial charge >= 0.3 is 0 Å². The number of hydrogen-bond donors (Lipinski definition) is 1. The third kappa shape index (κ3) is 3.97. The Hall–Kier alpha value is -0.0600. The van der Waals surface area contributed by atoms with Crippen molar-refractivity contribution in [1.29, 1.82) is 0 Å². The minimum absolute atomic E-state index is 0.0997. The molecule has 0 saturated carbocycles. The van der Waals surface area contributed by atoms with Crippen molar-refractivity contribution in [2.75, 3.05) is 5.33 Å². The molecule has 1 unspecified atom stereocenters. The molecule has 0 radical (unpaired) electrons. The number of alkyl halides is 1. The van der Waals surface area contributed by atoms with Crippen LogP contribution in [-0.4, -0.2) is 16.8 Å². The molecule has 1 N–H and O–H groups in total. The third-order valence-corrected chi connectivity index (χ3v) is 4.80. The van der Waals surface area contributed by atoms with Crippen molar-refractivity contribution in [2.45, 2.75) is 25.8 Å². The summed E-state index contributed by atoms with van der Waals surface area (Å²) in [4.78, 5) is 12.1. The number of carbonyl (C=O) groups is 1. The summed E-state index contributed by atoms with van der Waals surface area (Å²) in [7, 11) is 0. The number of hydrogen-bond acceptors (Lipinski definition) is 1. The first kappa shape index (κ1) is 15.0. The number of rotatable bonds is 4. The minimum atomic E-state index is -0.240. The van der Waals surface area contributed by atoms with Gasteiger partial charge in [-0.2, -0.15) is 0 Å². The van der Waals surface area contributed by atoms with Gasteiger partial charge in [0.15, 0.2) is 0 Å². The van der Waals surface area contributed by atoms with E-state index in [-0.39, 0.29) is 11.4 Å². The highest BCUT2D eigenvalue weighted by Gasteiger charge is 2.24. The standard InChI is InChI=1S/C12H14Br2ClNO/c1-3-12(2,7-13)16-11(17)9-5-4-8(15)6-10(9)14/h4-6H,3,7H2,1-2H3,(H,16,17). The first-order chi connectivity index (χ1) is 7.91. The molecule has 1 atom stereocenters. The predicted octanol–water partition coefficient (Wildman–Crippen LogP) is 4.40. The number of nitrogens with one attached hydrogen (secondary N) is 1. The van der Waals surface area contributed by atoms with Gasteiger partial charge in [0.05, 0.1) is 5.56 Å². The number of halogens is 3. The molecular weight excluding hydrogens is 369 g/mol. The van der Waals surface area contributed by atoms with Crippen LogP contribution in [0, 0.1) is 0 Å². The lowest BCUT2D eigenvalue weighted by Crippen LogP contribution is -2.47. The normalized spacial score (nSPS) is 14.2. The van der Waals surface area contributed by atoms with Crippen molar-refractivity contribution in [1.82, 2.24) is 5.32 Å². The van der Waals surface area contributed by atoms with E-state index in [1.807, 2.05) is 13.8 Å². The Balaban J connectivity index is 2.90. The van der Waals surface area contributed by atoms with E-state index in [1.165, 1.54) is 0 Å². The maximum Gasteiger partial charge on any atom is 0.252 e. The van der Waals surface area contributed by atoms with Crippen molar-refractivity contribution < 1.29 is 4.79 Å². The Bertz CT molecular complexity index is 419. The van der Waals surface area contributed by atoms with Gasteiger partial charge in [-0.3, -0.25) is 4.79 Å². The van der Waals surface area contributed by atoms with E-state index in [4.69, 9.17) is 11.6 Å². The molecule has 1 rings (SSSR count). The fourth-order valence-electron chi connectivity index (χ4n) is 1.23. The second-order valence-electron chi connectivity index (χ2n) is 4.13. The van der Waals surface area contributed by atoms with Gasteiger partial charge in [0, 0.05) is 20.4 Å². The smallest absolute Gasteiger partial charge is 0.252 e. The van der Waals surface area contributed by atoms with E-state index in [0.717, 1.165) is 6.42 Å². The average Bonchev–Trinajstić information content (AvgIpc) is 2.28. The maximum absolute atomic E-state index is 12.1. The van der Waals surface area contributed by atoms with Crippen LogP contribution in [-0.2, 0) is 0 Å². The minimum Gasteiger partial charge on any atom is -0.346 e. The SMILES string of the molecule is CCC(C)(CBr)NC(=O)c1ccc(Cl)cc1Br. The van der Waals surface area contributed by atoms with E-state index in [0.29, 0.717) is 20.4 Å². The molecule has 0 aliphatic heterocycles. The summed E-state index contributed by atoms with van der Waals surface area (Å²) in [6, 6.07) is 5.14. The van der Waals surface area contributed by atoms with E-state index in [1.54, 1.807) is 18.2 Å². The molecule has 94 valence electrons. The fourth-order valence-corrected chi connectivity index (χ4v) is 2.63. The van der Waals surface area contributed by atoms with E-state index >= 15 is 0 Å². The summed E-state index contributed by atoms with van der Waals surface area (Å²) >= 11 is 12.6. The Morgan fingerprint density at radius 3 is 2.65 bits per heavy atom. The molecule has 0 heterocycles. The Labute approximate surface area is 123 Å². The third-order valence-electron chi connectivity index (χ3n) is 2.67. The summed E-state index contributed by atoms with van der Waals surface area (Å²) in [5.74, 6) is -0.0997. The first-order valence-corrected chi connectivity index (χ1v) is 7.54. The van der Waals surface area contributed by atoms with Gasteiger partial charge in [0.2, 0.25) is 0 Å². The van der Waals surface area contributed by atoms with Crippen LogP contribution in [0.1, 0.15) is 30.6 Å². The molecule has 0 aliphatic carbocycles. The summed E-state index contributed by atoms with van der Waals surface area (Å²) in [6.07, 6.45) is 0.856. The molecule has 17 heavy (non-hydrogen) atoms. The van der Waals surface area contributed by atoms with Crippen LogP contribution in [0.25, 0.3) is 0 Å². The van der Waals surface area contributed by atoms with Gasteiger partial charge in [-0.25, -0.2) is 0 Å². The Morgan fingerprint density at radius 1 is 1.53 bits per heavy atom. The second kappa shape index (κ2) is 6.21. The molecule has 1 amide bonds. The zero-order valence-corrected chi connectivity index (χ0v) is 13.6. The lowest BCUT2D eigenvalue weighted by molar-refractivity contribution is 0.0912. The van der Waals surface area contributed by atoms with Gasteiger partial charge in [0.25, 0.3) is 5.91 Å². The molecule has 0 aromatic heterocycles. The van der Waals surface area contributed by atoms with Crippen LogP contribution < -0.4 is 5.32 Å². The van der Waals surface area contributed by atoms with Gasteiger partial charge in [-0.1, -0.05) is 34.5 Å². The van der Waals surface area contributed by atoms with Crippen LogP contribution >= 0.6 is 43.5 Å². The van der Waals surface area contributed by atoms with E-state index in [9.17, 15) is 4.79 Å². The maximum atomic E-state index is 12.1. The van der Waals surface area contributed by atoms with Crippen molar-refractivity contribution >= 4 is 49.4 Å². The number of carbonyl (C=O) groups excluding carboxylic acids is 1. The van der Waals surface area contributed by atoms with Gasteiger partial charge in [-0.15, -0.1) is 0 Å². The summed E-state index contributed by atoms with van der Waals surface area (Å²) in [5.41, 5.74) is 0.353. The van der Waals surface area contributed by atoms with E-state index in [2.05, 4.69) is 37.2 Å². The largest absolute Gasteiger partial charge is 0.346 e. The summed E-state index contributed by atoms with van der Waals surface area (Å²) in [6.45, 7) is 4.04. The van der Waals surface area contributed by atoms with Gasteiger partial charge in [-0.05, 0) is 47.5 Å². The van der Waals surface area contributed by atoms with Crippen molar-refractivity contribution in [3.63, 3.8) is 0 Å². The lowest BCUT2D eigenvalue weighted by atomic mass is 10.0. The average molecular weight is 384 g/mol. The highest BCUT2D eigenvalue weighted by Crippen LogP contribution is 2.22. The Kier molecular flexibility index (Phi) is 5.48. The monoisotopic (exact) mass is 381 g/mol. The zero-order chi connectivity index (χ0) is 13.1. The lowest BCUT2D eigenvalue weighted by Gasteiger charge is -2.27. The molecular formula is C12H14Br2ClNO.